The minimum absolute atomic E-state index is 0.182. The number of nitrogens with zero attached hydrogens (tertiary/aromatic N) is 1. The largest absolute Gasteiger partial charge is 0.494 e. The molecule has 1 aliphatic heterocycles. The molecule has 1 aliphatic rings. The first-order valence-electron chi connectivity index (χ1n) is 10.0. The van der Waals surface area contributed by atoms with Gasteiger partial charge in [0.1, 0.15) is 5.56 Å². The molecule has 4 aromatic rings. The van der Waals surface area contributed by atoms with E-state index in [-0.39, 0.29) is 11.4 Å². The highest BCUT2D eigenvalue weighted by molar-refractivity contribution is 5.85. The van der Waals surface area contributed by atoms with Gasteiger partial charge in [0, 0.05) is 17.3 Å². The maximum atomic E-state index is 12.8. The van der Waals surface area contributed by atoms with E-state index in [0.717, 1.165) is 46.3 Å². The molecule has 0 spiro atoms. The Labute approximate surface area is 172 Å². The van der Waals surface area contributed by atoms with Gasteiger partial charge in [-0.15, -0.1) is 0 Å². The molecule has 0 fully saturated rings. The van der Waals surface area contributed by atoms with Gasteiger partial charge >= 0.3 is 5.69 Å². The molecule has 0 aliphatic carbocycles. The van der Waals surface area contributed by atoms with Crippen molar-refractivity contribution in [1.82, 2.24) is 14.5 Å². The first-order valence-corrected chi connectivity index (χ1v) is 10.0. The fourth-order valence-electron chi connectivity index (χ4n) is 4.67. The Morgan fingerprint density at radius 3 is 2.57 bits per heavy atom. The van der Waals surface area contributed by atoms with E-state index in [0.29, 0.717) is 5.69 Å². The predicted octanol–water partition coefficient (Wildman–Crippen LogP) is 1.54. The van der Waals surface area contributed by atoms with Crippen molar-refractivity contribution in [3.8, 4) is 11.6 Å². The Morgan fingerprint density at radius 2 is 1.80 bits per heavy atom. The molecular weight excluding hydrogens is 380 g/mol. The van der Waals surface area contributed by atoms with Crippen LogP contribution < -0.4 is 16.6 Å². The van der Waals surface area contributed by atoms with Gasteiger partial charge in [-0.3, -0.25) is 9.78 Å². The number of hydrogen-bond acceptors (Lipinski definition) is 3. The molecular formula is C23H23N4O3+. The van der Waals surface area contributed by atoms with Crippen molar-refractivity contribution >= 4 is 10.9 Å². The molecule has 0 saturated carbocycles. The minimum atomic E-state index is -0.654. The van der Waals surface area contributed by atoms with E-state index < -0.39 is 17.3 Å². The number of hydrogen-bond donors (Lipinski definition) is 4. The smallest absolute Gasteiger partial charge is 0.335 e. The molecule has 152 valence electrons. The topological polar surface area (TPSA) is 107 Å². The van der Waals surface area contributed by atoms with Crippen LogP contribution in [0.4, 0.5) is 0 Å². The van der Waals surface area contributed by atoms with Crippen molar-refractivity contribution in [2.24, 2.45) is 0 Å². The van der Waals surface area contributed by atoms with Crippen LogP contribution >= 0.6 is 0 Å². The zero-order valence-electron chi connectivity index (χ0n) is 16.8. The summed E-state index contributed by atoms with van der Waals surface area (Å²) in [6, 6.07) is 13.2. The molecule has 1 atom stereocenters. The maximum absolute atomic E-state index is 12.8. The molecule has 2 aromatic heterocycles. The first-order chi connectivity index (χ1) is 14.4. The third-order valence-electron chi connectivity index (χ3n) is 5.85. The normalized spacial score (nSPS) is 16.0. The third kappa shape index (κ3) is 2.78. The second-order valence-corrected chi connectivity index (χ2v) is 7.99. The maximum Gasteiger partial charge on any atom is 0.335 e. The molecule has 7 nitrogen and oxygen atoms in total. The Morgan fingerprint density at radius 1 is 1.07 bits per heavy atom. The SMILES string of the molecule is Cc1cc(C)cc(-n2c(O)c([C@H]3[NH2+]CCc4c3[nH]c3ccccc43)c(=O)[nH]c2=O)c1. The summed E-state index contributed by atoms with van der Waals surface area (Å²) in [5.74, 6) is -0.318. The third-order valence-corrected chi connectivity index (χ3v) is 5.85. The van der Waals surface area contributed by atoms with Gasteiger partial charge in [0.25, 0.3) is 5.56 Å². The summed E-state index contributed by atoms with van der Waals surface area (Å²) in [5, 5.41) is 14.3. The van der Waals surface area contributed by atoms with Gasteiger partial charge in [-0.25, -0.2) is 9.36 Å². The summed E-state index contributed by atoms with van der Waals surface area (Å²) in [6.45, 7) is 4.63. The van der Waals surface area contributed by atoms with Gasteiger partial charge in [0.15, 0.2) is 6.04 Å². The zero-order chi connectivity index (χ0) is 21.0. The summed E-state index contributed by atoms with van der Waals surface area (Å²) < 4.78 is 1.18. The molecule has 5 N–H and O–H groups in total. The number of nitrogens with one attached hydrogen (secondary N) is 2. The number of aromatic amines is 2. The molecule has 0 bridgehead atoms. The van der Waals surface area contributed by atoms with E-state index >= 15 is 0 Å². The van der Waals surface area contributed by atoms with Gasteiger partial charge in [-0.05, 0) is 48.7 Å². The van der Waals surface area contributed by atoms with Crippen LogP contribution in [-0.2, 0) is 6.42 Å². The van der Waals surface area contributed by atoms with Crippen molar-refractivity contribution in [3.63, 3.8) is 0 Å². The quantitative estimate of drug-likeness (QED) is 0.408. The average Bonchev–Trinajstić information content (AvgIpc) is 3.06. The van der Waals surface area contributed by atoms with E-state index in [1.807, 2.05) is 55.6 Å². The van der Waals surface area contributed by atoms with Crippen molar-refractivity contribution in [1.29, 1.82) is 0 Å². The number of quaternary nitrogens is 1. The van der Waals surface area contributed by atoms with E-state index in [1.54, 1.807) is 0 Å². The number of aryl methyl sites for hydroxylation is 2. The van der Waals surface area contributed by atoms with Crippen molar-refractivity contribution in [2.45, 2.75) is 26.3 Å². The van der Waals surface area contributed by atoms with Crippen LogP contribution in [0, 0.1) is 13.8 Å². The van der Waals surface area contributed by atoms with Crippen LogP contribution in [0.15, 0.2) is 52.1 Å². The van der Waals surface area contributed by atoms with Gasteiger partial charge in [0.2, 0.25) is 5.88 Å². The van der Waals surface area contributed by atoms with Crippen molar-refractivity contribution in [2.75, 3.05) is 6.54 Å². The molecule has 0 radical (unpaired) electrons. The number of aromatic hydroxyl groups is 1. The Hall–Kier alpha value is -3.58. The van der Waals surface area contributed by atoms with Gasteiger partial charge in [-0.2, -0.15) is 0 Å². The number of rotatable bonds is 2. The number of para-hydroxylation sites is 1. The summed E-state index contributed by atoms with van der Waals surface area (Å²) >= 11 is 0. The van der Waals surface area contributed by atoms with Crippen LogP contribution in [0.3, 0.4) is 0 Å². The standard InChI is InChI=1S/C23H22N4O3/c1-12-9-13(2)11-14(10-12)27-22(29)18(21(28)26-23(27)30)20-19-16(7-8-24-20)15-5-3-4-6-17(15)25-19/h3-6,9-11,20,24-25,29H,7-8H2,1-2H3,(H,26,28,30)/p+1/t20-/m1/s1. The fraction of sp³-hybridized carbons (Fsp3) is 0.217. The minimum Gasteiger partial charge on any atom is -0.494 e. The van der Waals surface area contributed by atoms with Crippen molar-refractivity contribution < 1.29 is 10.4 Å². The Balaban J connectivity index is 1.76. The van der Waals surface area contributed by atoms with Crippen LogP contribution in [0.2, 0.25) is 0 Å². The number of benzene rings is 2. The molecule has 0 saturated heterocycles. The van der Waals surface area contributed by atoms with E-state index in [4.69, 9.17) is 0 Å². The van der Waals surface area contributed by atoms with Crippen LogP contribution in [0.5, 0.6) is 5.88 Å². The Bertz CT molecular complexity index is 1390. The number of aromatic nitrogens is 3. The van der Waals surface area contributed by atoms with E-state index in [9.17, 15) is 14.7 Å². The summed E-state index contributed by atoms with van der Waals surface area (Å²) in [4.78, 5) is 31.3. The second-order valence-electron chi connectivity index (χ2n) is 7.99. The van der Waals surface area contributed by atoms with E-state index in [1.165, 1.54) is 4.57 Å². The lowest BCUT2D eigenvalue weighted by Crippen LogP contribution is -2.87. The lowest BCUT2D eigenvalue weighted by molar-refractivity contribution is -0.690. The predicted molar refractivity (Wildman–Crippen MR) is 114 cm³/mol. The number of H-pyrrole nitrogens is 2. The summed E-state index contributed by atoms with van der Waals surface area (Å²) in [6.07, 6.45) is 0.866. The number of nitrogens with two attached hydrogens (primary N) is 1. The number of fused-ring (bicyclic) bond motifs is 3. The van der Waals surface area contributed by atoms with Gasteiger partial charge < -0.3 is 15.4 Å². The highest BCUT2D eigenvalue weighted by Crippen LogP contribution is 2.32. The fourth-order valence-corrected chi connectivity index (χ4v) is 4.67. The summed E-state index contributed by atoms with van der Waals surface area (Å²) in [7, 11) is 0. The molecule has 0 unspecified atom stereocenters. The molecule has 2 aromatic carbocycles. The highest BCUT2D eigenvalue weighted by atomic mass is 16.3. The zero-order valence-corrected chi connectivity index (χ0v) is 16.8. The van der Waals surface area contributed by atoms with Crippen molar-refractivity contribution in [3.05, 3.63) is 91.3 Å². The van der Waals surface area contributed by atoms with E-state index in [2.05, 4.69) is 16.0 Å². The lowest BCUT2D eigenvalue weighted by Gasteiger charge is -2.22. The average molecular weight is 403 g/mol. The second kappa shape index (κ2) is 6.74. The van der Waals surface area contributed by atoms with Crippen LogP contribution in [0.1, 0.15) is 34.0 Å². The Kier molecular flexibility index (Phi) is 4.15. The molecule has 3 heterocycles. The van der Waals surface area contributed by atoms with Crippen LogP contribution in [-0.4, -0.2) is 26.2 Å². The first kappa shape index (κ1) is 18.4. The van der Waals surface area contributed by atoms with Gasteiger partial charge in [-0.1, -0.05) is 24.3 Å². The highest BCUT2D eigenvalue weighted by Gasteiger charge is 2.34. The molecule has 30 heavy (non-hydrogen) atoms. The lowest BCUT2D eigenvalue weighted by atomic mass is 9.95. The monoisotopic (exact) mass is 403 g/mol. The summed E-state index contributed by atoms with van der Waals surface area (Å²) in [5.41, 5.74) is 4.47. The molecule has 5 rings (SSSR count). The van der Waals surface area contributed by atoms with Gasteiger partial charge in [0.05, 0.1) is 17.9 Å². The molecule has 7 heteroatoms. The van der Waals surface area contributed by atoms with Crippen LogP contribution in [0.25, 0.3) is 16.6 Å². The molecule has 0 amide bonds.